The van der Waals surface area contributed by atoms with Crippen molar-refractivity contribution in [3.05, 3.63) is 24.3 Å². The van der Waals surface area contributed by atoms with Gasteiger partial charge in [-0.3, -0.25) is 4.79 Å². The van der Waals surface area contributed by atoms with Crippen LogP contribution in [0, 0.1) is 5.92 Å². The second-order valence-electron chi connectivity index (χ2n) is 6.82. The third kappa shape index (κ3) is 4.24. The maximum atomic E-state index is 12.3. The number of nitrogens with one attached hydrogen (secondary N) is 1. The minimum atomic E-state index is -0.862. The van der Waals surface area contributed by atoms with Crippen LogP contribution in [0.5, 0.6) is 11.5 Å². The SMILES string of the molecule is C[C@@H]1CCCC[C@@H]1NC(=O)[C@@H](C)OC(=O)[C@@H]1COc2ccccc2O1. The van der Waals surface area contributed by atoms with Crippen molar-refractivity contribution in [1.82, 2.24) is 5.32 Å². The molecule has 1 heterocycles. The van der Waals surface area contributed by atoms with E-state index in [0.29, 0.717) is 17.4 Å². The van der Waals surface area contributed by atoms with Crippen molar-refractivity contribution >= 4 is 11.9 Å². The van der Waals surface area contributed by atoms with Crippen molar-refractivity contribution in [2.45, 2.75) is 57.8 Å². The fraction of sp³-hybridized carbons (Fsp3) is 0.579. The van der Waals surface area contributed by atoms with Crippen LogP contribution in [0.4, 0.5) is 0 Å². The first kappa shape index (κ1) is 17.6. The van der Waals surface area contributed by atoms with Crippen LogP contribution in [-0.2, 0) is 14.3 Å². The predicted octanol–water partition coefficient (Wildman–Crippen LogP) is 2.45. The zero-order chi connectivity index (χ0) is 17.8. The Hall–Kier alpha value is -2.24. The highest BCUT2D eigenvalue weighted by atomic mass is 16.6. The number of hydrogen-bond acceptors (Lipinski definition) is 5. The van der Waals surface area contributed by atoms with Crippen LogP contribution in [0.25, 0.3) is 0 Å². The smallest absolute Gasteiger partial charge is 0.351 e. The van der Waals surface area contributed by atoms with Crippen LogP contribution in [0.2, 0.25) is 0 Å². The molecule has 0 bridgehead atoms. The van der Waals surface area contributed by atoms with Gasteiger partial charge in [0.25, 0.3) is 5.91 Å². The predicted molar refractivity (Wildman–Crippen MR) is 91.5 cm³/mol. The molecule has 1 amide bonds. The first-order valence-corrected chi connectivity index (χ1v) is 8.94. The molecule has 0 radical (unpaired) electrons. The number of fused-ring (bicyclic) bond motifs is 1. The molecule has 0 spiro atoms. The molecule has 6 nitrogen and oxygen atoms in total. The molecule has 0 unspecified atom stereocenters. The first-order valence-electron chi connectivity index (χ1n) is 8.94. The van der Waals surface area contributed by atoms with Gasteiger partial charge in [0.15, 0.2) is 17.6 Å². The van der Waals surface area contributed by atoms with Gasteiger partial charge in [0.1, 0.15) is 6.61 Å². The van der Waals surface area contributed by atoms with Crippen LogP contribution in [0.1, 0.15) is 39.5 Å². The van der Waals surface area contributed by atoms with E-state index in [0.717, 1.165) is 19.3 Å². The highest BCUT2D eigenvalue weighted by molar-refractivity contribution is 5.85. The summed E-state index contributed by atoms with van der Waals surface area (Å²) < 4.78 is 16.4. The summed E-state index contributed by atoms with van der Waals surface area (Å²) >= 11 is 0. The van der Waals surface area contributed by atoms with E-state index < -0.39 is 18.2 Å². The standard InChI is InChI=1S/C19H25NO5/c1-12-7-3-4-8-14(12)20-18(21)13(2)24-19(22)17-11-23-15-9-5-6-10-16(15)25-17/h5-6,9-10,12-14,17H,3-4,7-8,11H2,1-2H3,(H,20,21)/t12-,13-,14+,17+/m1/s1. The summed E-state index contributed by atoms with van der Waals surface area (Å²) in [5.41, 5.74) is 0. The number of para-hydroxylation sites is 2. The summed E-state index contributed by atoms with van der Waals surface area (Å²) in [6.45, 7) is 3.80. The average molecular weight is 347 g/mol. The van der Waals surface area contributed by atoms with Crippen LogP contribution in [-0.4, -0.2) is 36.7 Å². The molecule has 3 rings (SSSR count). The number of benzene rings is 1. The summed E-state index contributed by atoms with van der Waals surface area (Å²) in [7, 11) is 0. The fourth-order valence-electron chi connectivity index (χ4n) is 3.27. The van der Waals surface area contributed by atoms with Gasteiger partial charge in [-0.1, -0.05) is 31.9 Å². The Kier molecular flexibility index (Phi) is 5.46. The average Bonchev–Trinajstić information content (AvgIpc) is 2.63. The van der Waals surface area contributed by atoms with E-state index in [-0.39, 0.29) is 18.6 Å². The van der Waals surface area contributed by atoms with Crippen molar-refractivity contribution in [2.75, 3.05) is 6.61 Å². The lowest BCUT2D eigenvalue weighted by atomic mass is 9.86. The van der Waals surface area contributed by atoms with Gasteiger partial charge in [-0.2, -0.15) is 0 Å². The monoisotopic (exact) mass is 347 g/mol. The van der Waals surface area contributed by atoms with Gasteiger partial charge in [0.05, 0.1) is 0 Å². The molecular weight excluding hydrogens is 322 g/mol. The second-order valence-corrected chi connectivity index (χ2v) is 6.82. The molecule has 2 aliphatic rings. The molecule has 1 saturated carbocycles. The highest BCUT2D eigenvalue weighted by Gasteiger charge is 2.32. The summed E-state index contributed by atoms with van der Waals surface area (Å²) in [6.07, 6.45) is 2.70. The number of esters is 1. The van der Waals surface area contributed by atoms with E-state index in [1.807, 2.05) is 6.07 Å². The minimum absolute atomic E-state index is 0.0733. The number of carbonyl (C=O) groups excluding carboxylic acids is 2. The van der Waals surface area contributed by atoms with E-state index in [1.165, 1.54) is 6.42 Å². The van der Waals surface area contributed by atoms with Crippen molar-refractivity contribution in [2.24, 2.45) is 5.92 Å². The molecule has 1 N–H and O–H groups in total. The molecule has 4 atom stereocenters. The Balaban J connectivity index is 1.51. The van der Waals surface area contributed by atoms with Crippen LogP contribution < -0.4 is 14.8 Å². The molecule has 1 aliphatic heterocycles. The molecule has 1 fully saturated rings. The second kappa shape index (κ2) is 7.76. The lowest BCUT2D eigenvalue weighted by Gasteiger charge is -2.30. The fourth-order valence-corrected chi connectivity index (χ4v) is 3.27. The maximum Gasteiger partial charge on any atom is 0.351 e. The molecule has 1 aromatic rings. The Bertz CT molecular complexity index is 632. The molecule has 1 aliphatic carbocycles. The summed E-state index contributed by atoms with van der Waals surface area (Å²) in [4.78, 5) is 24.6. The maximum absolute atomic E-state index is 12.3. The van der Waals surface area contributed by atoms with Gasteiger partial charge in [-0.25, -0.2) is 4.79 Å². The molecule has 1 aromatic carbocycles. The Morgan fingerprint density at radius 3 is 2.68 bits per heavy atom. The Morgan fingerprint density at radius 1 is 1.20 bits per heavy atom. The zero-order valence-electron chi connectivity index (χ0n) is 14.7. The highest BCUT2D eigenvalue weighted by Crippen LogP contribution is 2.31. The van der Waals surface area contributed by atoms with Crippen molar-refractivity contribution in [3.63, 3.8) is 0 Å². The third-order valence-electron chi connectivity index (χ3n) is 4.87. The van der Waals surface area contributed by atoms with Crippen molar-refractivity contribution < 1.29 is 23.8 Å². The third-order valence-corrected chi connectivity index (χ3v) is 4.87. The van der Waals surface area contributed by atoms with Gasteiger partial charge in [0, 0.05) is 6.04 Å². The van der Waals surface area contributed by atoms with E-state index in [2.05, 4.69) is 12.2 Å². The van der Waals surface area contributed by atoms with Gasteiger partial charge in [-0.15, -0.1) is 0 Å². The van der Waals surface area contributed by atoms with Crippen LogP contribution in [0.15, 0.2) is 24.3 Å². The van der Waals surface area contributed by atoms with E-state index >= 15 is 0 Å². The van der Waals surface area contributed by atoms with E-state index in [1.54, 1.807) is 25.1 Å². The van der Waals surface area contributed by atoms with Gasteiger partial charge in [0.2, 0.25) is 6.10 Å². The van der Waals surface area contributed by atoms with E-state index in [4.69, 9.17) is 14.2 Å². The molecular formula is C19H25NO5. The molecule has 0 aromatic heterocycles. The van der Waals surface area contributed by atoms with Crippen molar-refractivity contribution in [3.8, 4) is 11.5 Å². The van der Waals surface area contributed by atoms with Gasteiger partial charge in [-0.05, 0) is 37.8 Å². The summed E-state index contributed by atoms with van der Waals surface area (Å²) in [5, 5.41) is 3.00. The molecule has 0 saturated heterocycles. The lowest BCUT2D eigenvalue weighted by Crippen LogP contribution is -2.47. The number of rotatable bonds is 4. The number of hydrogen-bond donors (Lipinski definition) is 1. The van der Waals surface area contributed by atoms with Gasteiger partial charge >= 0.3 is 5.97 Å². The van der Waals surface area contributed by atoms with E-state index in [9.17, 15) is 9.59 Å². The quantitative estimate of drug-likeness (QED) is 0.847. The largest absolute Gasteiger partial charge is 0.485 e. The zero-order valence-corrected chi connectivity index (χ0v) is 14.7. The first-order chi connectivity index (χ1) is 12.0. The Labute approximate surface area is 147 Å². The summed E-state index contributed by atoms with van der Waals surface area (Å²) in [5.74, 6) is 0.706. The van der Waals surface area contributed by atoms with Gasteiger partial charge < -0.3 is 19.5 Å². The summed E-state index contributed by atoms with van der Waals surface area (Å²) in [6, 6.07) is 7.30. The van der Waals surface area contributed by atoms with Crippen LogP contribution >= 0.6 is 0 Å². The normalized spacial score (nSPS) is 26.4. The Morgan fingerprint density at radius 2 is 1.92 bits per heavy atom. The molecule has 136 valence electrons. The lowest BCUT2D eigenvalue weighted by molar-refractivity contribution is -0.164. The number of ether oxygens (including phenoxy) is 3. The topological polar surface area (TPSA) is 73.9 Å². The van der Waals surface area contributed by atoms with Crippen molar-refractivity contribution in [1.29, 1.82) is 0 Å². The minimum Gasteiger partial charge on any atom is -0.485 e. The van der Waals surface area contributed by atoms with Crippen LogP contribution in [0.3, 0.4) is 0 Å². The molecule has 6 heteroatoms. The number of carbonyl (C=O) groups is 2. The molecule has 25 heavy (non-hydrogen) atoms. The number of amides is 1.